The smallest absolute Gasteiger partial charge is 0.407 e. The molecule has 0 aromatic heterocycles. The predicted octanol–water partition coefficient (Wildman–Crippen LogP) is 3.77. The number of rotatable bonds is 6. The summed E-state index contributed by atoms with van der Waals surface area (Å²) in [7, 11) is 0. The van der Waals surface area contributed by atoms with Crippen molar-refractivity contribution in [3.63, 3.8) is 0 Å². The molecule has 1 heterocycles. The van der Waals surface area contributed by atoms with Crippen LogP contribution in [-0.4, -0.2) is 52.7 Å². The van der Waals surface area contributed by atoms with E-state index in [-0.39, 0.29) is 24.9 Å². The Morgan fingerprint density at radius 2 is 1.72 bits per heavy atom. The van der Waals surface area contributed by atoms with Crippen LogP contribution in [0.1, 0.15) is 50.2 Å². The Morgan fingerprint density at radius 3 is 2.31 bits per heavy atom. The van der Waals surface area contributed by atoms with Gasteiger partial charge in [0.25, 0.3) is 0 Å². The first-order valence-electron chi connectivity index (χ1n) is 11.0. The number of ether oxygens (including phenoxy) is 1. The summed E-state index contributed by atoms with van der Waals surface area (Å²) in [4.78, 5) is 38.1. The monoisotopic (exact) mass is 436 g/mol. The van der Waals surface area contributed by atoms with Crippen molar-refractivity contribution in [3.05, 3.63) is 59.7 Å². The number of amides is 2. The Kier molecular flexibility index (Phi) is 5.91. The molecule has 1 fully saturated rings. The molecule has 2 amide bonds. The van der Waals surface area contributed by atoms with Gasteiger partial charge in [0, 0.05) is 24.9 Å². The topological polar surface area (TPSA) is 95.9 Å². The van der Waals surface area contributed by atoms with Crippen molar-refractivity contribution < 1.29 is 24.2 Å². The maximum Gasteiger partial charge on any atom is 0.407 e. The van der Waals surface area contributed by atoms with E-state index in [0.29, 0.717) is 19.4 Å². The fraction of sp³-hybridized carbons (Fsp3) is 0.400. The first-order valence-corrected chi connectivity index (χ1v) is 11.0. The minimum Gasteiger partial charge on any atom is -0.480 e. The number of likely N-dealkylation sites (tertiary alicyclic amines) is 1. The summed E-state index contributed by atoms with van der Waals surface area (Å²) in [5, 5.41) is 12.2. The van der Waals surface area contributed by atoms with E-state index in [1.165, 1.54) is 4.90 Å². The fourth-order valence-corrected chi connectivity index (χ4v) is 4.85. The van der Waals surface area contributed by atoms with Crippen molar-refractivity contribution in [1.82, 2.24) is 10.2 Å². The molecule has 7 heteroatoms. The van der Waals surface area contributed by atoms with Gasteiger partial charge in [-0.3, -0.25) is 4.79 Å². The van der Waals surface area contributed by atoms with Crippen LogP contribution in [0.4, 0.5) is 4.79 Å². The van der Waals surface area contributed by atoms with E-state index < -0.39 is 23.6 Å². The second kappa shape index (κ2) is 8.65. The molecule has 168 valence electrons. The third kappa shape index (κ3) is 3.95. The van der Waals surface area contributed by atoms with Crippen LogP contribution < -0.4 is 5.32 Å². The number of carboxylic acids is 1. The van der Waals surface area contributed by atoms with Crippen LogP contribution in [0.2, 0.25) is 0 Å². The summed E-state index contributed by atoms with van der Waals surface area (Å²) >= 11 is 0. The third-order valence-corrected chi connectivity index (χ3v) is 6.59. The highest BCUT2D eigenvalue weighted by molar-refractivity contribution is 5.88. The van der Waals surface area contributed by atoms with Gasteiger partial charge in [-0.15, -0.1) is 0 Å². The van der Waals surface area contributed by atoms with Crippen molar-refractivity contribution in [1.29, 1.82) is 0 Å². The average molecular weight is 437 g/mol. The maximum atomic E-state index is 12.7. The molecule has 0 spiro atoms. The zero-order valence-electron chi connectivity index (χ0n) is 18.3. The molecule has 0 radical (unpaired) electrons. The van der Waals surface area contributed by atoms with Gasteiger partial charge in [0.15, 0.2) is 0 Å². The second-order valence-corrected chi connectivity index (χ2v) is 8.80. The first-order chi connectivity index (χ1) is 15.3. The normalized spacial score (nSPS) is 20.4. The van der Waals surface area contributed by atoms with Crippen LogP contribution in [0.3, 0.4) is 0 Å². The molecule has 2 aromatic rings. The highest BCUT2D eigenvalue weighted by Crippen LogP contribution is 2.44. The molecule has 4 rings (SSSR count). The van der Waals surface area contributed by atoms with E-state index in [4.69, 9.17) is 4.74 Å². The van der Waals surface area contributed by atoms with Crippen LogP contribution in [0.5, 0.6) is 0 Å². The molecule has 7 nitrogen and oxygen atoms in total. The standard InChI is InChI=1S/C25H28N2O5/c1-16(14-22(28)27-13-7-12-25(27,2)23(29)30)26-24(31)32-15-21-19-10-5-3-8-17(19)18-9-4-6-11-20(18)21/h3-6,8-11,16,21H,7,12-15H2,1-2H3,(H,26,31)(H,29,30)/t16?,25-/m1/s1. The van der Waals surface area contributed by atoms with E-state index >= 15 is 0 Å². The van der Waals surface area contributed by atoms with E-state index in [1.54, 1.807) is 13.8 Å². The molecule has 1 saturated heterocycles. The van der Waals surface area contributed by atoms with Crippen LogP contribution in [0.25, 0.3) is 11.1 Å². The van der Waals surface area contributed by atoms with Crippen LogP contribution in [0, 0.1) is 0 Å². The van der Waals surface area contributed by atoms with Gasteiger partial charge in [0.2, 0.25) is 5.91 Å². The summed E-state index contributed by atoms with van der Waals surface area (Å²) in [5.41, 5.74) is 3.39. The van der Waals surface area contributed by atoms with Crippen molar-refractivity contribution in [3.8, 4) is 11.1 Å². The zero-order chi connectivity index (χ0) is 22.9. The Bertz CT molecular complexity index is 1010. The van der Waals surface area contributed by atoms with Crippen molar-refractivity contribution in [2.24, 2.45) is 0 Å². The van der Waals surface area contributed by atoms with Crippen LogP contribution in [0.15, 0.2) is 48.5 Å². The van der Waals surface area contributed by atoms with E-state index in [1.807, 2.05) is 24.3 Å². The van der Waals surface area contributed by atoms with Gasteiger partial charge < -0.3 is 20.1 Å². The highest BCUT2D eigenvalue weighted by atomic mass is 16.5. The van der Waals surface area contributed by atoms with E-state index in [0.717, 1.165) is 22.3 Å². The lowest BCUT2D eigenvalue weighted by molar-refractivity contribution is -0.155. The van der Waals surface area contributed by atoms with Gasteiger partial charge >= 0.3 is 12.1 Å². The molecule has 0 saturated carbocycles. The Balaban J connectivity index is 1.34. The Morgan fingerprint density at radius 1 is 1.12 bits per heavy atom. The Labute approximate surface area is 187 Å². The van der Waals surface area contributed by atoms with Crippen LogP contribution in [-0.2, 0) is 14.3 Å². The number of carboxylic acid groups (broad SMARTS) is 1. The number of hydrogen-bond donors (Lipinski definition) is 2. The summed E-state index contributed by atoms with van der Waals surface area (Å²) < 4.78 is 5.53. The number of nitrogens with one attached hydrogen (secondary N) is 1. The molecule has 2 aromatic carbocycles. The van der Waals surface area contributed by atoms with Crippen LogP contribution >= 0.6 is 0 Å². The van der Waals surface area contributed by atoms with Gasteiger partial charge in [-0.2, -0.15) is 0 Å². The molecular formula is C25H28N2O5. The lowest BCUT2D eigenvalue weighted by Crippen LogP contribution is -2.52. The molecule has 0 bridgehead atoms. The number of fused-ring (bicyclic) bond motifs is 3. The predicted molar refractivity (Wildman–Crippen MR) is 119 cm³/mol. The number of hydrogen-bond acceptors (Lipinski definition) is 4. The number of alkyl carbamates (subject to hydrolysis) is 1. The lowest BCUT2D eigenvalue weighted by atomic mass is 9.98. The quantitative estimate of drug-likeness (QED) is 0.719. The van der Waals surface area contributed by atoms with Gasteiger partial charge in [-0.1, -0.05) is 48.5 Å². The van der Waals surface area contributed by atoms with E-state index in [2.05, 4.69) is 29.6 Å². The molecule has 2 atom stereocenters. The number of carbonyl (C=O) groups is 3. The van der Waals surface area contributed by atoms with E-state index in [9.17, 15) is 19.5 Å². The fourth-order valence-electron chi connectivity index (χ4n) is 4.85. The molecule has 32 heavy (non-hydrogen) atoms. The highest BCUT2D eigenvalue weighted by Gasteiger charge is 2.45. The third-order valence-electron chi connectivity index (χ3n) is 6.59. The van der Waals surface area contributed by atoms with Gasteiger partial charge in [-0.05, 0) is 48.9 Å². The number of benzene rings is 2. The molecular weight excluding hydrogens is 408 g/mol. The minimum atomic E-state index is -1.18. The second-order valence-electron chi connectivity index (χ2n) is 8.80. The summed E-state index contributed by atoms with van der Waals surface area (Å²) in [6.45, 7) is 3.90. The van der Waals surface area contributed by atoms with Crippen molar-refractivity contribution in [2.75, 3.05) is 13.2 Å². The molecule has 1 unspecified atom stereocenters. The van der Waals surface area contributed by atoms with Crippen molar-refractivity contribution >= 4 is 18.0 Å². The molecule has 2 N–H and O–H groups in total. The zero-order valence-corrected chi connectivity index (χ0v) is 18.3. The SMILES string of the molecule is CC(CC(=O)N1CCC[C@]1(C)C(=O)O)NC(=O)OCC1c2ccccc2-c2ccccc21. The maximum absolute atomic E-state index is 12.7. The lowest BCUT2D eigenvalue weighted by Gasteiger charge is -2.32. The van der Waals surface area contributed by atoms with Gasteiger partial charge in [-0.25, -0.2) is 9.59 Å². The summed E-state index contributed by atoms with van der Waals surface area (Å²) in [5.74, 6) is -1.31. The first kappa shape index (κ1) is 21.9. The Hall–Kier alpha value is -3.35. The van der Waals surface area contributed by atoms with Crippen molar-refractivity contribution in [2.45, 2.75) is 50.6 Å². The van der Waals surface area contributed by atoms with Gasteiger partial charge in [0.05, 0.1) is 0 Å². The average Bonchev–Trinajstić information content (AvgIpc) is 3.31. The number of aliphatic carboxylic acids is 1. The number of nitrogens with zero attached hydrogens (tertiary/aromatic N) is 1. The summed E-state index contributed by atoms with van der Waals surface area (Å²) in [6, 6.07) is 15.7. The molecule has 1 aliphatic carbocycles. The largest absolute Gasteiger partial charge is 0.480 e. The summed E-state index contributed by atoms with van der Waals surface area (Å²) in [6.07, 6.45) is 0.521. The molecule has 2 aliphatic rings. The number of carbonyl (C=O) groups excluding carboxylic acids is 2. The minimum absolute atomic E-state index is 0.0209. The molecule has 1 aliphatic heterocycles. The van der Waals surface area contributed by atoms with Gasteiger partial charge in [0.1, 0.15) is 12.1 Å².